The van der Waals surface area contributed by atoms with E-state index in [0.29, 0.717) is 0 Å². The van der Waals surface area contributed by atoms with Crippen molar-refractivity contribution in [2.24, 2.45) is 0 Å². The summed E-state index contributed by atoms with van der Waals surface area (Å²) in [4.78, 5) is 3.20. The van der Waals surface area contributed by atoms with E-state index in [4.69, 9.17) is 9.47 Å². The molecule has 96 valence electrons. The zero-order valence-corrected chi connectivity index (χ0v) is 10.5. The highest BCUT2D eigenvalue weighted by Gasteiger charge is 2.20. The number of nitrogens with one attached hydrogen (secondary N) is 2. The highest BCUT2D eigenvalue weighted by molar-refractivity contribution is 5.87. The van der Waals surface area contributed by atoms with Crippen molar-refractivity contribution < 1.29 is 9.47 Å². The number of hydrogen-bond acceptors (Lipinski definition) is 3. The lowest BCUT2D eigenvalue weighted by atomic mass is 10.1. The van der Waals surface area contributed by atoms with Crippen LogP contribution in [-0.4, -0.2) is 31.8 Å². The summed E-state index contributed by atoms with van der Waals surface area (Å²) < 4.78 is 11.5. The molecule has 1 unspecified atom stereocenters. The normalized spacial score (nSPS) is 20.8. The largest absolute Gasteiger partial charge is 0.496 e. The average Bonchev–Trinajstić information content (AvgIpc) is 2.71. The summed E-state index contributed by atoms with van der Waals surface area (Å²) in [5.74, 6) is 0.919. The van der Waals surface area contributed by atoms with Gasteiger partial charge in [-0.1, -0.05) is 6.07 Å². The lowest BCUT2D eigenvalue weighted by Gasteiger charge is -2.19. The van der Waals surface area contributed by atoms with Gasteiger partial charge < -0.3 is 19.8 Å². The Labute approximate surface area is 106 Å². The third-order valence-corrected chi connectivity index (χ3v) is 3.41. The fraction of sp³-hybridized carbons (Fsp3) is 0.429. The Balaban J connectivity index is 2.03. The minimum absolute atomic E-state index is 0.0711. The number of rotatable bonds is 2. The second kappa shape index (κ2) is 5.00. The van der Waals surface area contributed by atoms with E-state index < -0.39 is 0 Å². The topological polar surface area (TPSA) is 46.3 Å². The van der Waals surface area contributed by atoms with Gasteiger partial charge in [0.05, 0.1) is 13.2 Å². The molecule has 2 N–H and O–H groups in total. The maximum absolute atomic E-state index is 5.90. The summed E-state index contributed by atoms with van der Waals surface area (Å²) in [6.45, 7) is 2.66. The molecule has 0 saturated carbocycles. The summed E-state index contributed by atoms with van der Waals surface area (Å²) in [6, 6.07) is 6.22. The van der Waals surface area contributed by atoms with Crippen LogP contribution in [0, 0.1) is 0 Å². The first-order valence-electron chi connectivity index (χ1n) is 6.36. The number of methoxy groups -OCH3 is 1. The summed E-state index contributed by atoms with van der Waals surface area (Å²) in [5, 5.41) is 4.51. The van der Waals surface area contributed by atoms with Crippen molar-refractivity contribution in [2.75, 3.05) is 26.8 Å². The standard InChI is InChI=1S/C14H18N2O2/c1-17-14-10-5-7-16-12(10)4-3-11(14)13-9-15-6-2-8-18-13/h3-5,7,13,15-16H,2,6,8-9H2,1H3. The van der Waals surface area contributed by atoms with Crippen molar-refractivity contribution in [3.63, 3.8) is 0 Å². The maximum atomic E-state index is 5.90. The number of H-pyrrole nitrogens is 1. The fourth-order valence-electron chi connectivity index (χ4n) is 2.52. The molecule has 1 aromatic carbocycles. The van der Waals surface area contributed by atoms with Crippen LogP contribution >= 0.6 is 0 Å². The maximum Gasteiger partial charge on any atom is 0.134 e. The lowest BCUT2D eigenvalue weighted by molar-refractivity contribution is 0.0652. The van der Waals surface area contributed by atoms with E-state index in [1.54, 1.807) is 7.11 Å². The summed E-state index contributed by atoms with van der Waals surface area (Å²) in [5.41, 5.74) is 2.22. The molecule has 3 rings (SSSR count). The van der Waals surface area contributed by atoms with Gasteiger partial charge in [0.25, 0.3) is 0 Å². The van der Waals surface area contributed by atoms with Crippen molar-refractivity contribution in [1.82, 2.24) is 10.3 Å². The highest BCUT2D eigenvalue weighted by atomic mass is 16.5. The van der Waals surface area contributed by atoms with Gasteiger partial charge in [-0.25, -0.2) is 0 Å². The molecule has 0 bridgehead atoms. The van der Waals surface area contributed by atoms with Crippen molar-refractivity contribution >= 4 is 10.9 Å². The van der Waals surface area contributed by atoms with E-state index in [1.165, 1.54) is 0 Å². The Morgan fingerprint density at radius 3 is 3.17 bits per heavy atom. The number of benzene rings is 1. The molecule has 1 atom stereocenters. The van der Waals surface area contributed by atoms with Gasteiger partial charge in [0.1, 0.15) is 5.75 Å². The van der Waals surface area contributed by atoms with Crippen molar-refractivity contribution in [3.05, 3.63) is 30.0 Å². The van der Waals surface area contributed by atoms with Crippen LogP contribution in [-0.2, 0) is 4.74 Å². The Bertz CT molecular complexity index is 528. The van der Waals surface area contributed by atoms with Crippen LogP contribution < -0.4 is 10.1 Å². The van der Waals surface area contributed by atoms with E-state index in [9.17, 15) is 0 Å². The van der Waals surface area contributed by atoms with Gasteiger partial charge in [-0.05, 0) is 25.1 Å². The molecule has 18 heavy (non-hydrogen) atoms. The van der Waals surface area contributed by atoms with Crippen LogP contribution in [0.25, 0.3) is 10.9 Å². The van der Waals surface area contributed by atoms with Crippen LogP contribution in [0.4, 0.5) is 0 Å². The summed E-state index contributed by atoms with van der Waals surface area (Å²) >= 11 is 0. The molecule has 1 saturated heterocycles. The summed E-state index contributed by atoms with van der Waals surface area (Å²) in [6.07, 6.45) is 3.07. The van der Waals surface area contributed by atoms with Crippen molar-refractivity contribution in [1.29, 1.82) is 0 Å². The monoisotopic (exact) mass is 246 g/mol. The molecule has 1 aliphatic rings. The van der Waals surface area contributed by atoms with Gasteiger partial charge in [-0.2, -0.15) is 0 Å². The molecular formula is C14H18N2O2. The number of hydrogen-bond donors (Lipinski definition) is 2. The van der Waals surface area contributed by atoms with Gasteiger partial charge in [0, 0.05) is 35.8 Å². The van der Waals surface area contributed by atoms with Crippen molar-refractivity contribution in [2.45, 2.75) is 12.5 Å². The SMILES string of the molecule is COc1c(C2CNCCCO2)ccc2[nH]ccc12. The molecule has 4 nitrogen and oxygen atoms in total. The van der Waals surface area contributed by atoms with E-state index in [1.807, 2.05) is 12.3 Å². The second-order valence-corrected chi connectivity index (χ2v) is 4.54. The van der Waals surface area contributed by atoms with Crippen LogP contribution in [0.1, 0.15) is 18.1 Å². The quantitative estimate of drug-likeness (QED) is 0.854. The predicted molar refractivity (Wildman–Crippen MR) is 71.0 cm³/mol. The van der Waals surface area contributed by atoms with Crippen molar-refractivity contribution in [3.8, 4) is 5.75 Å². The molecular weight excluding hydrogens is 228 g/mol. The molecule has 2 heterocycles. The smallest absolute Gasteiger partial charge is 0.134 e. The predicted octanol–water partition coefficient (Wildman–Crippen LogP) is 2.23. The molecule has 1 fully saturated rings. The Hall–Kier alpha value is -1.52. The second-order valence-electron chi connectivity index (χ2n) is 4.54. The third-order valence-electron chi connectivity index (χ3n) is 3.41. The van der Waals surface area contributed by atoms with Crippen LogP contribution in [0.3, 0.4) is 0 Å². The van der Waals surface area contributed by atoms with E-state index >= 15 is 0 Å². The van der Waals surface area contributed by atoms with Crippen LogP contribution in [0.5, 0.6) is 5.75 Å². The molecule has 2 aromatic rings. The third kappa shape index (κ3) is 1.98. The van der Waals surface area contributed by atoms with Gasteiger partial charge in [-0.3, -0.25) is 0 Å². The summed E-state index contributed by atoms with van der Waals surface area (Å²) in [7, 11) is 1.72. The lowest BCUT2D eigenvalue weighted by Crippen LogP contribution is -2.20. The molecule has 4 heteroatoms. The zero-order valence-electron chi connectivity index (χ0n) is 10.5. The number of aromatic amines is 1. The Morgan fingerprint density at radius 2 is 2.28 bits per heavy atom. The number of aromatic nitrogens is 1. The Kier molecular flexibility index (Phi) is 3.21. The first-order valence-corrected chi connectivity index (χ1v) is 6.36. The first kappa shape index (κ1) is 11.6. The van der Waals surface area contributed by atoms with Gasteiger partial charge in [-0.15, -0.1) is 0 Å². The average molecular weight is 246 g/mol. The minimum atomic E-state index is 0.0711. The number of fused-ring (bicyclic) bond motifs is 1. The molecule has 1 aliphatic heterocycles. The van der Waals surface area contributed by atoms with Gasteiger partial charge >= 0.3 is 0 Å². The van der Waals surface area contributed by atoms with Crippen LogP contribution in [0.15, 0.2) is 24.4 Å². The number of ether oxygens (including phenoxy) is 2. The fourth-order valence-corrected chi connectivity index (χ4v) is 2.52. The highest BCUT2D eigenvalue weighted by Crippen LogP contribution is 2.34. The van der Waals surface area contributed by atoms with E-state index in [0.717, 1.165) is 48.3 Å². The minimum Gasteiger partial charge on any atom is -0.496 e. The van der Waals surface area contributed by atoms with Gasteiger partial charge in [0.2, 0.25) is 0 Å². The molecule has 1 aromatic heterocycles. The molecule has 0 radical (unpaired) electrons. The van der Waals surface area contributed by atoms with E-state index in [-0.39, 0.29) is 6.10 Å². The van der Waals surface area contributed by atoms with Crippen LogP contribution in [0.2, 0.25) is 0 Å². The molecule has 0 aliphatic carbocycles. The zero-order chi connectivity index (χ0) is 12.4. The van der Waals surface area contributed by atoms with Gasteiger partial charge in [0.15, 0.2) is 0 Å². The first-order chi connectivity index (χ1) is 8.90. The van der Waals surface area contributed by atoms with E-state index in [2.05, 4.69) is 22.4 Å². The molecule has 0 spiro atoms. The Morgan fingerprint density at radius 1 is 1.33 bits per heavy atom. The molecule has 0 amide bonds.